The molecule has 0 spiro atoms. The van der Waals surface area contributed by atoms with Gasteiger partial charge in [-0.05, 0) is 6.92 Å². The first-order chi connectivity index (χ1) is 6.32. The van der Waals surface area contributed by atoms with Crippen molar-refractivity contribution in [1.29, 1.82) is 0 Å². The average molecular weight is 248 g/mol. The van der Waals surface area contributed by atoms with E-state index in [-0.39, 0.29) is 25.5 Å². The van der Waals surface area contributed by atoms with Gasteiger partial charge in [0.1, 0.15) is 0 Å². The number of nitrogens with one attached hydrogen (secondary N) is 1. The first kappa shape index (κ1) is 14.5. The molecular formula is C8H13ClF3NO2. The molecule has 1 N–H and O–H groups in total. The molecule has 0 aromatic rings. The van der Waals surface area contributed by atoms with E-state index in [0.717, 1.165) is 7.11 Å². The molecule has 1 fully saturated rings. The number of hydrogen-bond acceptors (Lipinski definition) is 3. The van der Waals surface area contributed by atoms with Gasteiger partial charge in [0.2, 0.25) is 0 Å². The number of alkyl halides is 3. The molecule has 1 saturated heterocycles. The molecule has 0 bridgehead atoms. The fourth-order valence-corrected chi connectivity index (χ4v) is 1.75. The molecule has 0 aromatic heterocycles. The molecule has 7 heteroatoms. The molecule has 1 rings (SSSR count). The van der Waals surface area contributed by atoms with Crippen molar-refractivity contribution in [1.82, 2.24) is 5.32 Å². The summed E-state index contributed by atoms with van der Waals surface area (Å²) in [4.78, 5) is 11.2. The van der Waals surface area contributed by atoms with Gasteiger partial charge in [0, 0.05) is 13.1 Å². The molecule has 2 unspecified atom stereocenters. The number of esters is 1. The van der Waals surface area contributed by atoms with Gasteiger partial charge in [-0.2, -0.15) is 13.2 Å². The van der Waals surface area contributed by atoms with E-state index in [1.807, 2.05) is 0 Å². The molecule has 0 amide bonds. The number of rotatable bonds is 1. The van der Waals surface area contributed by atoms with Crippen molar-refractivity contribution in [3.8, 4) is 0 Å². The van der Waals surface area contributed by atoms with Crippen LogP contribution < -0.4 is 5.32 Å². The zero-order chi connectivity index (χ0) is 11.0. The Morgan fingerprint density at radius 3 is 2.47 bits per heavy atom. The highest BCUT2D eigenvalue weighted by Crippen LogP contribution is 2.42. The van der Waals surface area contributed by atoms with Crippen molar-refractivity contribution in [2.24, 2.45) is 11.3 Å². The quantitative estimate of drug-likeness (QED) is 0.712. The van der Waals surface area contributed by atoms with Crippen LogP contribution in [0.5, 0.6) is 0 Å². The molecule has 0 saturated carbocycles. The fourth-order valence-electron chi connectivity index (χ4n) is 1.75. The smallest absolute Gasteiger partial charge is 0.394 e. The first-order valence-electron chi connectivity index (χ1n) is 4.18. The van der Waals surface area contributed by atoms with Crippen LogP contribution in [0.25, 0.3) is 0 Å². The lowest BCUT2D eigenvalue weighted by atomic mass is 9.79. The third kappa shape index (κ3) is 2.55. The summed E-state index contributed by atoms with van der Waals surface area (Å²) < 4.78 is 41.9. The second kappa shape index (κ2) is 4.57. The Balaban J connectivity index is 0.00000196. The van der Waals surface area contributed by atoms with Gasteiger partial charge in [-0.25, -0.2) is 0 Å². The fraction of sp³-hybridized carbons (Fsp3) is 0.875. The second-order valence-electron chi connectivity index (χ2n) is 3.63. The van der Waals surface area contributed by atoms with Gasteiger partial charge >= 0.3 is 12.1 Å². The Labute approximate surface area is 91.8 Å². The Kier molecular flexibility index (Phi) is 4.42. The van der Waals surface area contributed by atoms with Crippen molar-refractivity contribution >= 4 is 18.4 Å². The molecule has 15 heavy (non-hydrogen) atoms. The first-order valence-corrected chi connectivity index (χ1v) is 4.18. The van der Waals surface area contributed by atoms with Crippen LogP contribution in [-0.2, 0) is 9.53 Å². The monoisotopic (exact) mass is 247 g/mol. The summed E-state index contributed by atoms with van der Waals surface area (Å²) in [7, 11) is 1.10. The standard InChI is InChI=1S/C8H12F3NO2.ClH/c1-7(6(13)14-2)4-12-3-5(7)8(9,10)11;/h5,12H,3-4H2,1-2H3;1H. The van der Waals surface area contributed by atoms with E-state index in [0.29, 0.717) is 0 Å². The van der Waals surface area contributed by atoms with Gasteiger partial charge in [-0.15, -0.1) is 12.4 Å². The Bertz CT molecular complexity index is 247. The molecule has 1 aliphatic heterocycles. The summed E-state index contributed by atoms with van der Waals surface area (Å²) in [5, 5.41) is 2.56. The summed E-state index contributed by atoms with van der Waals surface area (Å²) in [6, 6.07) is 0. The number of halogens is 4. The van der Waals surface area contributed by atoms with E-state index in [1.54, 1.807) is 0 Å². The van der Waals surface area contributed by atoms with E-state index in [1.165, 1.54) is 6.92 Å². The molecule has 2 atom stereocenters. The highest BCUT2D eigenvalue weighted by atomic mass is 35.5. The van der Waals surface area contributed by atoms with Gasteiger partial charge in [-0.3, -0.25) is 4.79 Å². The number of carbonyl (C=O) groups excluding carboxylic acids is 1. The Morgan fingerprint density at radius 1 is 1.53 bits per heavy atom. The van der Waals surface area contributed by atoms with Gasteiger partial charge in [-0.1, -0.05) is 0 Å². The van der Waals surface area contributed by atoms with Crippen molar-refractivity contribution < 1.29 is 22.7 Å². The van der Waals surface area contributed by atoms with Gasteiger partial charge in [0.15, 0.2) is 0 Å². The third-order valence-electron chi connectivity index (χ3n) is 2.66. The van der Waals surface area contributed by atoms with Crippen LogP contribution in [0, 0.1) is 11.3 Å². The van der Waals surface area contributed by atoms with Crippen molar-refractivity contribution in [2.45, 2.75) is 13.1 Å². The summed E-state index contributed by atoms with van der Waals surface area (Å²) in [5.74, 6) is -2.48. The number of ether oxygens (including phenoxy) is 1. The lowest BCUT2D eigenvalue weighted by Gasteiger charge is -2.28. The van der Waals surface area contributed by atoms with Gasteiger partial charge < -0.3 is 10.1 Å². The summed E-state index contributed by atoms with van der Waals surface area (Å²) in [6.45, 7) is 1.05. The van der Waals surface area contributed by atoms with Crippen molar-refractivity contribution in [3.05, 3.63) is 0 Å². The van der Waals surface area contributed by atoms with Gasteiger partial charge in [0.05, 0.1) is 18.4 Å². The van der Waals surface area contributed by atoms with Crippen LogP contribution in [0.15, 0.2) is 0 Å². The van der Waals surface area contributed by atoms with Crippen molar-refractivity contribution in [2.75, 3.05) is 20.2 Å². The summed E-state index contributed by atoms with van der Waals surface area (Å²) >= 11 is 0. The Hall–Kier alpha value is -0.490. The third-order valence-corrected chi connectivity index (χ3v) is 2.66. The minimum absolute atomic E-state index is 0. The minimum atomic E-state index is -4.37. The lowest BCUT2D eigenvalue weighted by molar-refractivity contribution is -0.202. The topological polar surface area (TPSA) is 38.3 Å². The maximum atomic E-state index is 12.5. The van der Waals surface area contributed by atoms with E-state index in [2.05, 4.69) is 10.1 Å². The van der Waals surface area contributed by atoms with Gasteiger partial charge in [0.25, 0.3) is 0 Å². The van der Waals surface area contributed by atoms with E-state index in [4.69, 9.17) is 0 Å². The summed E-state index contributed by atoms with van der Waals surface area (Å²) in [5.41, 5.74) is -1.49. The van der Waals surface area contributed by atoms with E-state index in [9.17, 15) is 18.0 Å². The Morgan fingerprint density at radius 2 is 2.07 bits per heavy atom. The normalized spacial score (nSPS) is 30.9. The average Bonchev–Trinajstić information content (AvgIpc) is 2.46. The van der Waals surface area contributed by atoms with Crippen LogP contribution in [0.1, 0.15) is 6.92 Å². The highest BCUT2D eigenvalue weighted by molar-refractivity contribution is 5.85. The lowest BCUT2D eigenvalue weighted by Crippen LogP contribution is -2.43. The van der Waals surface area contributed by atoms with E-state index < -0.39 is 23.5 Å². The zero-order valence-electron chi connectivity index (χ0n) is 8.35. The number of carbonyl (C=O) groups is 1. The molecule has 0 radical (unpaired) electrons. The van der Waals surface area contributed by atoms with Crippen LogP contribution in [-0.4, -0.2) is 32.3 Å². The van der Waals surface area contributed by atoms with Crippen LogP contribution in [0.4, 0.5) is 13.2 Å². The van der Waals surface area contributed by atoms with E-state index >= 15 is 0 Å². The molecule has 0 aromatic carbocycles. The minimum Gasteiger partial charge on any atom is -0.469 e. The molecule has 1 heterocycles. The molecule has 1 aliphatic rings. The maximum absolute atomic E-state index is 12.5. The molecule has 3 nitrogen and oxygen atoms in total. The highest BCUT2D eigenvalue weighted by Gasteiger charge is 2.58. The molecule has 0 aliphatic carbocycles. The predicted octanol–water partition coefficient (Wildman–Crippen LogP) is 1.37. The van der Waals surface area contributed by atoms with Crippen LogP contribution in [0.2, 0.25) is 0 Å². The van der Waals surface area contributed by atoms with Crippen LogP contribution in [0.3, 0.4) is 0 Å². The van der Waals surface area contributed by atoms with Crippen LogP contribution >= 0.6 is 12.4 Å². The summed E-state index contributed by atoms with van der Waals surface area (Å²) in [6.07, 6.45) is -4.37. The largest absolute Gasteiger partial charge is 0.469 e. The number of hydrogen-bond donors (Lipinski definition) is 1. The molecular weight excluding hydrogens is 235 g/mol. The molecule has 90 valence electrons. The zero-order valence-corrected chi connectivity index (χ0v) is 9.17. The SMILES string of the molecule is COC(=O)C1(C)CNCC1C(F)(F)F.Cl. The maximum Gasteiger partial charge on any atom is 0.394 e. The predicted molar refractivity (Wildman–Crippen MR) is 49.8 cm³/mol. The number of methoxy groups -OCH3 is 1. The van der Waals surface area contributed by atoms with Crippen molar-refractivity contribution in [3.63, 3.8) is 0 Å². The second-order valence-corrected chi connectivity index (χ2v) is 3.63.